The first-order valence-electron chi connectivity index (χ1n) is 6.92. The molecule has 0 fully saturated rings. The lowest BCUT2D eigenvalue weighted by Gasteiger charge is -2.13. The molecule has 2 aromatic rings. The standard InChI is InChI=1S/C17H18FNOS/c1-3-12(2)19-17(20)15(16-5-4-10-21-16)11-13-6-8-14(18)9-7-13/h4-12H,3H2,1-2H3,(H,19,20)/b15-11+. The fraction of sp³-hybridized carbons (Fsp3) is 0.235. The number of thiophene rings is 1. The lowest BCUT2D eigenvalue weighted by atomic mass is 10.1. The minimum atomic E-state index is -0.283. The van der Waals surface area contributed by atoms with E-state index in [-0.39, 0.29) is 17.8 Å². The van der Waals surface area contributed by atoms with E-state index in [0.717, 1.165) is 16.9 Å². The van der Waals surface area contributed by atoms with Crippen molar-refractivity contribution in [1.29, 1.82) is 0 Å². The Morgan fingerprint density at radius 2 is 2.05 bits per heavy atom. The molecule has 0 saturated carbocycles. The Morgan fingerprint density at radius 1 is 1.33 bits per heavy atom. The molecule has 110 valence electrons. The van der Waals surface area contributed by atoms with E-state index in [9.17, 15) is 9.18 Å². The van der Waals surface area contributed by atoms with Crippen LogP contribution in [0.2, 0.25) is 0 Å². The quantitative estimate of drug-likeness (QED) is 0.818. The highest BCUT2D eigenvalue weighted by Crippen LogP contribution is 2.23. The first kappa shape index (κ1) is 15.4. The van der Waals surface area contributed by atoms with Crippen LogP contribution in [0.15, 0.2) is 41.8 Å². The van der Waals surface area contributed by atoms with Crippen molar-refractivity contribution in [3.05, 3.63) is 58.0 Å². The van der Waals surface area contributed by atoms with Gasteiger partial charge in [0, 0.05) is 10.9 Å². The molecule has 0 aliphatic carbocycles. The number of nitrogens with one attached hydrogen (secondary N) is 1. The van der Waals surface area contributed by atoms with Crippen LogP contribution in [0.3, 0.4) is 0 Å². The first-order chi connectivity index (χ1) is 10.1. The third-order valence-electron chi connectivity index (χ3n) is 3.20. The molecule has 0 radical (unpaired) electrons. The normalized spacial score (nSPS) is 13.0. The summed E-state index contributed by atoms with van der Waals surface area (Å²) in [6.45, 7) is 4.00. The molecular formula is C17H18FNOS. The van der Waals surface area contributed by atoms with Gasteiger partial charge < -0.3 is 5.32 Å². The van der Waals surface area contributed by atoms with Gasteiger partial charge in [-0.1, -0.05) is 25.1 Å². The van der Waals surface area contributed by atoms with E-state index in [4.69, 9.17) is 0 Å². The number of hydrogen-bond donors (Lipinski definition) is 1. The molecule has 0 saturated heterocycles. The van der Waals surface area contributed by atoms with E-state index in [1.807, 2.05) is 31.4 Å². The minimum absolute atomic E-state index is 0.101. The van der Waals surface area contributed by atoms with E-state index in [2.05, 4.69) is 5.32 Å². The molecule has 4 heteroatoms. The highest BCUT2D eigenvalue weighted by Gasteiger charge is 2.14. The maximum absolute atomic E-state index is 13.0. The van der Waals surface area contributed by atoms with Crippen molar-refractivity contribution in [2.75, 3.05) is 0 Å². The number of halogens is 1. The van der Waals surface area contributed by atoms with Crippen LogP contribution < -0.4 is 5.32 Å². The summed E-state index contributed by atoms with van der Waals surface area (Å²) in [5.41, 5.74) is 1.41. The second kappa shape index (κ2) is 7.18. The zero-order chi connectivity index (χ0) is 15.2. The van der Waals surface area contributed by atoms with Gasteiger partial charge in [-0.2, -0.15) is 0 Å². The predicted octanol–water partition coefficient (Wildman–Crippen LogP) is 4.34. The molecule has 21 heavy (non-hydrogen) atoms. The van der Waals surface area contributed by atoms with E-state index < -0.39 is 0 Å². The van der Waals surface area contributed by atoms with E-state index in [1.165, 1.54) is 23.5 Å². The molecule has 2 nitrogen and oxygen atoms in total. The number of hydrogen-bond acceptors (Lipinski definition) is 2. The molecule has 0 aliphatic rings. The third kappa shape index (κ3) is 4.26. The Kier molecular flexibility index (Phi) is 5.28. The number of carbonyl (C=O) groups is 1. The van der Waals surface area contributed by atoms with Crippen molar-refractivity contribution < 1.29 is 9.18 Å². The summed E-state index contributed by atoms with van der Waals surface area (Å²) in [4.78, 5) is 13.3. The minimum Gasteiger partial charge on any atom is -0.350 e. The van der Waals surface area contributed by atoms with Gasteiger partial charge in [0.05, 0.1) is 5.57 Å². The molecule has 0 aliphatic heterocycles. The highest BCUT2D eigenvalue weighted by molar-refractivity contribution is 7.11. The van der Waals surface area contributed by atoms with Crippen molar-refractivity contribution in [2.24, 2.45) is 0 Å². The Labute approximate surface area is 128 Å². The zero-order valence-electron chi connectivity index (χ0n) is 12.1. The lowest BCUT2D eigenvalue weighted by Crippen LogP contribution is -2.32. The van der Waals surface area contributed by atoms with E-state index in [0.29, 0.717) is 5.57 Å². The molecule has 1 amide bonds. The molecule has 1 heterocycles. The molecule has 2 rings (SSSR count). The summed E-state index contributed by atoms with van der Waals surface area (Å²) in [7, 11) is 0. The van der Waals surface area contributed by atoms with Crippen LogP contribution in [0, 0.1) is 5.82 Å². The fourth-order valence-corrected chi connectivity index (χ4v) is 2.55. The summed E-state index contributed by atoms with van der Waals surface area (Å²) in [5, 5.41) is 4.91. The molecule has 0 spiro atoms. The number of carbonyl (C=O) groups excluding carboxylic acids is 1. The van der Waals surface area contributed by atoms with Gasteiger partial charge in [0.15, 0.2) is 0 Å². The van der Waals surface area contributed by atoms with Crippen LogP contribution >= 0.6 is 11.3 Å². The van der Waals surface area contributed by atoms with Crippen LogP contribution in [-0.2, 0) is 4.79 Å². The van der Waals surface area contributed by atoms with Gasteiger partial charge in [-0.15, -0.1) is 11.3 Å². The van der Waals surface area contributed by atoms with Gasteiger partial charge >= 0.3 is 0 Å². The first-order valence-corrected chi connectivity index (χ1v) is 7.80. The number of rotatable bonds is 5. The molecular weight excluding hydrogens is 285 g/mol. The summed E-state index contributed by atoms with van der Waals surface area (Å²) in [5.74, 6) is -0.384. The van der Waals surface area contributed by atoms with Gasteiger partial charge in [-0.25, -0.2) is 4.39 Å². The molecule has 1 aromatic carbocycles. The topological polar surface area (TPSA) is 29.1 Å². The molecule has 1 aromatic heterocycles. The van der Waals surface area contributed by atoms with Crippen molar-refractivity contribution in [1.82, 2.24) is 5.32 Å². The Morgan fingerprint density at radius 3 is 2.62 bits per heavy atom. The SMILES string of the molecule is CCC(C)NC(=O)/C(=C/c1ccc(F)cc1)c1cccs1. The largest absolute Gasteiger partial charge is 0.350 e. The van der Waals surface area contributed by atoms with Gasteiger partial charge in [-0.3, -0.25) is 4.79 Å². The molecule has 0 bridgehead atoms. The highest BCUT2D eigenvalue weighted by atomic mass is 32.1. The van der Waals surface area contributed by atoms with Crippen LogP contribution in [-0.4, -0.2) is 11.9 Å². The molecule has 1 N–H and O–H groups in total. The predicted molar refractivity (Wildman–Crippen MR) is 86.5 cm³/mol. The lowest BCUT2D eigenvalue weighted by molar-refractivity contribution is -0.116. The smallest absolute Gasteiger partial charge is 0.252 e. The maximum Gasteiger partial charge on any atom is 0.252 e. The Bertz CT molecular complexity index is 617. The maximum atomic E-state index is 13.0. The second-order valence-electron chi connectivity index (χ2n) is 4.87. The van der Waals surface area contributed by atoms with Crippen molar-refractivity contribution >= 4 is 28.9 Å². The van der Waals surface area contributed by atoms with Crippen LogP contribution in [0.4, 0.5) is 4.39 Å². The van der Waals surface area contributed by atoms with E-state index in [1.54, 1.807) is 18.2 Å². The average Bonchev–Trinajstić information content (AvgIpc) is 3.00. The summed E-state index contributed by atoms with van der Waals surface area (Å²) in [6.07, 6.45) is 2.67. The zero-order valence-corrected chi connectivity index (χ0v) is 12.9. The second-order valence-corrected chi connectivity index (χ2v) is 5.82. The summed E-state index contributed by atoms with van der Waals surface area (Å²) in [6, 6.07) is 10.1. The third-order valence-corrected chi connectivity index (χ3v) is 4.11. The molecule has 1 unspecified atom stereocenters. The van der Waals surface area contributed by atoms with Gasteiger partial charge in [-0.05, 0) is 48.6 Å². The summed E-state index contributed by atoms with van der Waals surface area (Å²) < 4.78 is 13.0. The van der Waals surface area contributed by atoms with Gasteiger partial charge in [0.1, 0.15) is 5.82 Å². The Hall–Kier alpha value is -1.94. The number of benzene rings is 1. The average molecular weight is 303 g/mol. The van der Waals surface area contributed by atoms with Gasteiger partial charge in [0.25, 0.3) is 5.91 Å². The van der Waals surface area contributed by atoms with Crippen LogP contribution in [0.1, 0.15) is 30.7 Å². The monoisotopic (exact) mass is 303 g/mol. The number of amides is 1. The fourth-order valence-electron chi connectivity index (χ4n) is 1.81. The molecule has 1 atom stereocenters. The summed E-state index contributed by atoms with van der Waals surface area (Å²) >= 11 is 1.51. The van der Waals surface area contributed by atoms with Crippen LogP contribution in [0.5, 0.6) is 0 Å². The van der Waals surface area contributed by atoms with Crippen molar-refractivity contribution in [3.63, 3.8) is 0 Å². The van der Waals surface area contributed by atoms with E-state index >= 15 is 0 Å². The van der Waals surface area contributed by atoms with Crippen LogP contribution in [0.25, 0.3) is 11.6 Å². The van der Waals surface area contributed by atoms with Crippen molar-refractivity contribution in [3.8, 4) is 0 Å². The van der Waals surface area contributed by atoms with Gasteiger partial charge in [0.2, 0.25) is 0 Å². The Balaban J connectivity index is 2.32. The van der Waals surface area contributed by atoms with Crippen molar-refractivity contribution in [2.45, 2.75) is 26.3 Å².